The van der Waals surface area contributed by atoms with Gasteiger partial charge >= 0.3 is 0 Å². The van der Waals surface area contributed by atoms with E-state index in [-0.39, 0.29) is 17.9 Å². The second-order valence-corrected chi connectivity index (χ2v) is 4.80. The summed E-state index contributed by atoms with van der Waals surface area (Å²) >= 11 is 0. The van der Waals surface area contributed by atoms with Gasteiger partial charge in [-0.25, -0.2) is 0 Å². The third-order valence-electron chi connectivity index (χ3n) is 3.37. The maximum Gasteiger partial charge on any atom is 0.227 e. The van der Waals surface area contributed by atoms with Crippen LogP contribution < -0.4 is 11.1 Å². The van der Waals surface area contributed by atoms with Gasteiger partial charge in [0.05, 0.1) is 11.6 Å². The van der Waals surface area contributed by atoms with Gasteiger partial charge in [0.25, 0.3) is 0 Å². The van der Waals surface area contributed by atoms with Crippen molar-refractivity contribution in [3.63, 3.8) is 0 Å². The zero-order valence-electron chi connectivity index (χ0n) is 10.2. The van der Waals surface area contributed by atoms with Crippen LogP contribution in [0.1, 0.15) is 31.2 Å². The molecule has 1 aliphatic carbocycles. The number of amides is 1. The van der Waals surface area contributed by atoms with Gasteiger partial charge in [-0.1, -0.05) is 6.42 Å². The maximum absolute atomic E-state index is 12.0. The minimum absolute atomic E-state index is 0.0180. The topological polar surface area (TPSA) is 78.9 Å². The number of anilines is 1. The molecule has 1 aromatic carbocycles. The molecule has 1 fully saturated rings. The summed E-state index contributed by atoms with van der Waals surface area (Å²) in [6.45, 7) is 0. The van der Waals surface area contributed by atoms with E-state index in [9.17, 15) is 4.79 Å². The highest BCUT2D eigenvalue weighted by molar-refractivity contribution is 5.92. The van der Waals surface area contributed by atoms with Gasteiger partial charge in [0.15, 0.2) is 0 Å². The normalized spacial score (nSPS) is 23.1. The summed E-state index contributed by atoms with van der Waals surface area (Å²) in [5.41, 5.74) is 7.20. The summed E-state index contributed by atoms with van der Waals surface area (Å²) in [4.78, 5) is 12.0. The molecular formula is C14H17N3O. The van der Waals surface area contributed by atoms with Crippen LogP contribution in [0, 0.1) is 17.2 Å². The summed E-state index contributed by atoms with van der Waals surface area (Å²) in [5, 5.41) is 11.6. The Morgan fingerprint density at radius 2 is 2.06 bits per heavy atom. The monoisotopic (exact) mass is 243 g/mol. The Balaban J connectivity index is 1.96. The molecule has 0 aliphatic heterocycles. The van der Waals surface area contributed by atoms with Crippen molar-refractivity contribution in [1.29, 1.82) is 5.26 Å². The first-order chi connectivity index (χ1) is 8.69. The van der Waals surface area contributed by atoms with E-state index in [2.05, 4.69) is 5.32 Å². The molecule has 4 heteroatoms. The van der Waals surface area contributed by atoms with Crippen LogP contribution in [0.4, 0.5) is 5.69 Å². The van der Waals surface area contributed by atoms with E-state index in [1.54, 1.807) is 24.3 Å². The van der Waals surface area contributed by atoms with E-state index < -0.39 is 0 Å². The van der Waals surface area contributed by atoms with E-state index in [4.69, 9.17) is 11.0 Å². The molecule has 1 aromatic rings. The fourth-order valence-corrected chi connectivity index (χ4v) is 2.34. The van der Waals surface area contributed by atoms with Gasteiger partial charge in [-0.05, 0) is 43.5 Å². The Hall–Kier alpha value is -1.86. The van der Waals surface area contributed by atoms with Crippen LogP contribution in [-0.4, -0.2) is 11.9 Å². The molecule has 2 unspecified atom stereocenters. The quantitative estimate of drug-likeness (QED) is 0.834. The zero-order valence-corrected chi connectivity index (χ0v) is 10.2. The third-order valence-corrected chi connectivity index (χ3v) is 3.37. The Morgan fingerprint density at radius 1 is 1.33 bits per heavy atom. The van der Waals surface area contributed by atoms with E-state index in [1.165, 1.54) is 0 Å². The molecule has 1 amide bonds. The van der Waals surface area contributed by atoms with Crippen LogP contribution in [0.5, 0.6) is 0 Å². The number of carbonyl (C=O) groups excluding carboxylic acids is 1. The van der Waals surface area contributed by atoms with Gasteiger partial charge in [-0.2, -0.15) is 5.26 Å². The summed E-state index contributed by atoms with van der Waals surface area (Å²) in [6.07, 6.45) is 3.71. The van der Waals surface area contributed by atoms with Gasteiger partial charge in [-0.3, -0.25) is 4.79 Å². The lowest BCUT2D eigenvalue weighted by Crippen LogP contribution is -2.34. The highest BCUT2D eigenvalue weighted by atomic mass is 16.1. The number of nitrogens with two attached hydrogens (primary N) is 1. The molecule has 0 spiro atoms. The zero-order chi connectivity index (χ0) is 13.0. The molecule has 4 nitrogen and oxygen atoms in total. The second kappa shape index (κ2) is 5.65. The fraction of sp³-hybridized carbons (Fsp3) is 0.429. The van der Waals surface area contributed by atoms with Crippen molar-refractivity contribution in [3.8, 4) is 6.07 Å². The van der Waals surface area contributed by atoms with Crippen molar-refractivity contribution in [1.82, 2.24) is 0 Å². The van der Waals surface area contributed by atoms with E-state index in [0.717, 1.165) is 31.4 Å². The third kappa shape index (κ3) is 3.08. The first-order valence-corrected chi connectivity index (χ1v) is 6.25. The van der Waals surface area contributed by atoms with Crippen molar-refractivity contribution in [2.24, 2.45) is 11.7 Å². The van der Waals surface area contributed by atoms with Crippen LogP contribution in [0.3, 0.4) is 0 Å². The van der Waals surface area contributed by atoms with Crippen molar-refractivity contribution >= 4 is 11.6 Å². The summed E-state index contributed by atoms with van der Waals surface area (Å²) in [5.74, 6) is 0.0549. The van der Waals surface area contributed by atoms with Crippen LogP contribution in [0.2, 0.25) is 0 Å². The smallest absolute Gasteiger partial charge is 0.227 e. The number of rotatable bonds is 2. The first kappa shape index (κ1) is 12.6. The van der Waals surface area contributed by atoms with E-state index >= 15 is 0 Å². The molecular weight excluding hydrogens is 226 g/mol. The number of benzene rings is 1. The lowest BCUT2D eigenvalue weighted by Gasteiger charge is -2.25. The Labute approximate surface area is 107 Å². The molecule has 18 heavy (non-hydrogen) atoms. The number of nitriles is 1. The minimum Gasteiger partial charge on any atom is -0.328 e. The van der Waals surface area contributed by atoms with Crippen LogP contribution in [0.25, 0.3) is 0 Å². The van der Waals surface area contributed by atoms with Crippen molar-refractivity contribution < 1.29 is 4.79 Å². The SMILES string of the molecule is N#Cc1ccc(NC(=O)C2CCCC(N)C2)cc1. The first-order valence-electron chi connectivity index (χ1n) is 6.25. The maximum atomic E-state index is 12.0. The van der Waals surface area contributed by atoms with E-state index in [1.807, 2.05) is 6.07 Å². The van der Waals surface area contributed by atoms with Gasteiger partial charge in [-0.15, -0.1) is 0 Å². The predicted molar refractivity (Wildman–Crippen MR) is 69.7 cm³/mol. The molecule has 94 valence electrons. The Kier molecular flexibility index (Phi) is 3.96. The van der Waals surface area contributed by atoms with Gasteiger partial charge in [0, 0.05) is 17.6 Å². The number of nitrogens with zero attached hydrogens (tertiary/aromatic N) is 1. The molecule has 2 rings (SSSR count). The highest BCUT2D eigenvalue weighted by Crippen LogP contribution is 2.24. The van der Waals surface area contributed by atoms with Crippen molar-refractivity contribution in [2.75, 3.05) is 5.32 Å². The van der Waals surface area contributed by atoms with Crippen molar-refractivity contribution in [2.45, 2.75) is 31.7 Å². The average molecular weight is 243 g/mol. The largest absolute Gasteiger partial charge is 0.328 e. The second-order valence-electron chi connectivity index (χ2n) is 4.80. The lowest BCUT2D eigenvalue weighted by atomic mass is 9.85. The molecule has 0 radical (unpaired) electrons. The van der Waals surface area contributed by atoms with Crippen molar-refractivity contribution in [3.05, 3.63) is 29.8 Å². The summed E-state index contributed by atoms with van der Waals surface area (Å²) in [7, 11) is 0. The number of hydrogen-bond donors (Lipinski definition) is 2. The minimum atomic E-state index is 0.0180. The van der Waals surface area contributed by atoms with Crippen LogP contribution >= 0.6 is 0 Å². The molecule has 0 saturated heterocycles. The van der Waals surface area contributed by atoms with E-state index in [0.29, 0.717) is 5.56 Å². The molecule has 1 saturated carbocycles. The molecule has 0 bridgehead atoms. The number of carbonyl (C=O) groups is 1. The molecule has 0 aromatic heterocycles. The lowest BCUT2D eigenvalue weighted by molar-refractivity contribution is -0.120. The number of hydrogen-bond acceptors (Lipinski definition) is 3. The predicted octanol–water partition coefficient (Wildman–Crippen LogP) is 2.01. The molecule has 1 aliphatic rings. The van der Waals surface area contributed by atoms with Gasteiger partial charge < -0.3 is 11.1 Å². The van der Waals surface area contributed by atoms with Gasteiger partial charge in [0.2, 0.25) is 5.91 Å². The molecule has 0 heterocycles. The standard InChI is InChI=1S/C14H17N3O/c15-9-10-4-6-13(7-5-10)17-14(18)11-2-1-3-12(16)8-11/h4-7,11-12H,1-3,8,16H2,(H,17,18). The highest BCUT2D eigenvalue weighted by Gasteiger charge is 2.25. The van der Waals surface area contributed by atoms with Gasteiger partial charge in [0.1, 0.15) is 0 Å². The average Bonchev–Trinajstić information content (AvgIpc) is 2.39. The number of nitrogens with one attached hydrogen (secondary N) is 1. The van der Waals surface area contributed by atoms with Crippen LogP contribution in [0.15, 0.2) is 24.3 Å². The summed E-state index contributed by atoms with van der Waals surface area (Å²) in [6, 6.07) is 9.09. The van der Waals surface area contributed by atoms with Crippen LogP contribution in [-0.2, 0) is 4.79 Å². The Bertz CT molecular complexity index is 461. The molecule has 3 N–H and O–H groups in total. The fourth-order valence-electron chi connectivity index (χ4n) is 2.34. The Morgan fingerprint density at radius 3 is 2.67 bits per heavy atom. The summed E-state index contributed by atoms with van der Waals surface area (Å²) < 4.78 is 0. The molecule has 2 atom stereocenters.